The average Bonchev–Trinajstić information content (AvgIpc) is 1.69. The van der Waals surface area contributed by atoms with E-state index in [0.29, 0.717) is 90.1 Å². The number of anilines is 5. The Hall–Kier alpha value is -6.61. The Morgan fingerprint density at radius 1 is 0.385 bits per heavy atom. The molecule has 0 aliphatic heterocycles. The number of rotatable bonds is 25. The number of hydrogen-bond donors (Lipinski definition) is 17. The standard InChI is InChI=1S/C12H17N4O4PS.C12H17N4OS.C6H11N3O7P2.C6H10N3O4P.C6H9N3O.C6H10NO4PS.C6H9NOS/c1-8-11(3-4-20-21(17,18)19)22-7-16(8)6-10-5-14-9(2)15-12(10)13;1-8-11(3-4-17)18-7-16(8)6-10-5-14-9(2)15-12(10)13;1-4-8-2-5(6(7)9-4)3-15-18(13,14)16-17(10,11)12;1-4-8-2-5(6(7)9-4)3-13-14(10,11)12;1-4-8-2-5(3-10)6(7)9-4;1-5-6(13-4-7-5)2-3-11-12(8,9)10;1-5-6(2-3-8)9-4-7-5/h5,7H,3-4,6H2,1-2H3,(H3-,13,14,15,17,18,19);5,7,17H,3-4,6H2,1-2H3,(H2,13,14,15);2H,3H2,1H3,(H,13,14)(H2,7,8,9)(H2,10,11,12);2H,3H2,1H3,(H2,7,8,9)(H2,10,11,12);2,10H,3H2,1H3,(H2,7,8,9);4H,2-3H2,1H3,(H2,8,9,10);4,8H,2-3H2,1H3/q;+1;;;;;/p+1. The van der Waals surface area contributed by atoms with E-state index in [0.717, 1.165) is 50.1 Å². The van der Waals surface area contributed by atoms with E-state index < -0.39 is 45.7 Å². The number of nitrogens with two attached hydrogens (primary N) is 5. The number of nitrogen functional groups attached to an aromatic ring is 5. The van der Waals surface area contributed by atoms with Crippen LogP contribution in [0, 0.1) is 62.3 Å². The van der Waals surface area contributed by atoms with Gasteiger partial charge in [0.1, 0.15) is 58.2 Å². The lowest BCUT2D eigenvalue weighted by molar-refractivity contribution is -0.689. The van der Waals surface area contributed by atoms with Crippen LogP contribution in [0.25, 0.3) is 0 Å². The maximum Gasteiger partial charge on any atom is 0.481 e. The van der Waals surface area contributed by atoms with Crippen molar-refractivity contribution < 1.29 is 114 Å². The Morgan fingerprint density at radius 3 is 1.00 bits per heavy atom. The molecule has 9 aromatic heterocycles. The summed E-state index contributed by atoms with van der Waals surface area (Å²) in [5, 5.41) is 26.2. The Balaban J connectivity index is 0.000000321. The number of aliphatic hydroxyl groups excluding tert-OH is 3. The average molecular weight is 1630 g/mol. The van der Waals surface area contributed by atoms with E-state index in [1.54, 1.807) is 73.8 Å². The van der Waals surface area contributed by atoms with Crippen LogP contribution in [0.5, 0.6) is 0 Å². The molecule has 50 heteroatoms. The first-order valence-electron chi connectivity index (χ1n) is 29.7. The predicted octanol–water partition coefficient (Wildman–Crippen LogP) is 3.35. The maximum atomic E-state index is 11.1. The molecule has 0 radical (unpaired) electrons. The first kappa shape index (κ1) is 91.6. The van der Waals surface area contributed by atoms with Crippen LogP contribution in [-0.4, -0.2) is 146 Å². The molecule has 0 aliphatic carbocycles. The lowest BCUT2D eigenvalue weighted by Crippen LogP contribution is -2.35. The molecule has 41 nitrogen and oxygen atoms in total. The highest BCUT2D eigenvalue weighted by atomic mass is 32.1. The molecule has 0 saturated heterocycles. The number of phosphoric ester groups is 4. The van der Waals surface area contributed by atoms with Crippen molar-refractivity contribution in [3.05, 3.63) is 152 Å². The summed E-state index contributed by atoms with van der Waals surface area (Å²) in [6, 6.07) is 0. The molecule has 1 unspecified atom stereocenters. The summed E-state index contributed by atoms with van der Waals surface area (Å²) >= 11 is 6.21. The molecule has 0 saturated carbocycles. The van der Waals surface area contributed by atoms with Gasteiger partial charge in [-0.3, -0.25) is 18.1 Å². The van der Waals surface area contributed by atoms with Crippen LogP contribution < -0.4 is 37.8 Å². The Bertz CT molecular complexity index is 4430. The van der Waals surface area contributed by atoms with Crippen molar-refractivity contribution in [3.63, 3.8) is 0 Å². The SMILES string of the molecule is Cc1ncc(CO)c(N)n1.Cc1ncc(COP(=O)(O)O)c(N)n1.Cc1ncc(COP(=O)(O)OP(=O)(O)O)c(N)n1.Cc1ncc(C[n+]2csc(CCO)c2C)c(N)n1.Cc1ncc(C[n+]2csc(CCOP(=O)(O)O)c2C)c(N)n1.Cc1ncsc1CCO.Cc1ncsc1CCOP(=O)(O)O. The third-order valence-corrected chi connectivity index (χ3v) is 20.7. The van der Waals surface area contributed by atoms with Gasteiger partial charge < -0.3 is 88.0 Å². The van der Waals surface area contributed by atoms with E-state index >= 15 is 0 Å². The molecular weight excluding hydrogens is 1550 g/mol. The van der Waals surface area contributed by atoms with Crippen LogP contribution in [0.3, 0.4) is 0 Å². The molecule has 1 atom stereocenters. The molecule has 0 aliphatic rings. The lowest BCUT2D eigenvalue weighted by atomic mass is 10.2. The number of aliphatic hydroxyl groups is 3. The second kappa shape index (κ2) is 43.9. The third kappa shape index (κ3) is 36.6. The van der Waals surface area contributed by atoms with Crippen LogP contribution in [0.4, 0.5) is 29.1 Å². The summed E-state index contributed by atoms with van der Waals surface area (Å²) in [5.74, 6) is 4.35. The van der Waals surface area contributed by atoms with Crippen molar-refractivity contribution in [1.82, 2.24) is 59.8 Å². The number of aryl methyl sites for hydroxylation is 7. The normalized spacial score (nSPS) is 11.9. The minimum Gasteiger partial charge on any atom is -0.396 e. The Labute approximate surface area is 612 Å². The van der Waals surface area contributed by atoms with Crippen LogP contribution in [0.2, 0.25) is 0 Å². The molecule has 0 bridgehead atoms. The van der Waals surface area contributed by atoms with Gasteiger partial charge >= 0.3 is 39.1 Å². The maximum absolute atomic E-state index is 11.1. The van der Waals surface area contributed by atoms with Crippen molar-refractivity contribution in [2.75, 3.05) is 55.1 Å². The number of phosphoric acid groups is 5. The highest BCUT2D eigenvalue weighted by molar-refractivity contribution is 7.60. The van der Waals surface area contributed by atoms with Crippen molar-refractivity contribution in [2.24, 2.45) is 0 Å². The zero-order valence-corrected chi connectivity index (χ0v) is 65.1. The zero-order chi connectivity index (χ0) is 78.3. The molecule has 0 amide bonds. The predicted molar refractivity (Wildman–Crippen MR) is 382 cm³/mol. The van der Waals surface area contributed by atoms with Crippen molar-refractivity contribution in [2.45, 2.75) is 121 Å². The van der Waals surface area contributed by atoms with E-state index in [-0.39, 0.29) is 56.8 Å². The quantitative estimate of drug-likeness (QED) is 0.0288. The summed E-state index contributed by atoms with van der Waals surface area (Å²) in [7, 11) is -23.2. The van der Waals surface area contributed by atoms with Crippen molar-refractivity contribution in [3.8, 4) is 0 Å². The first-order chi connectivity index (χ1) is 48.4. The zero-order valence-electron chi connectivity index (χ0n) is 57.4. The smallest absolute Gasteiger partial charge is 0.396 e. The number of aromatic nitrogens is 14. The number of hydrogen-bond acceptors (Lipinski definition) is 34. The lowest BCUT2D eigenvalue weighted by Gasteiger charge is -2.12. The molecule has 22 N–H and O–H groups in total. The molecule has 0 fully saturated rings. The van der Waals surface area contributed by atoms with Gasteiger partial charge in [0.15, 0.2) is 24.5 Å². The van der Waals surface area contributed by atoms with Gasteiger partial charge in [-0.15, -0.1) is 22.7 Å². The Kier molecular flexibility index (Phi) is 38.6. The van der Waals surface area contributed by atoms with Gasteiger partial charge in [0.25, 0.3) is 0 Å². The molecule has 0 aromatic carbocycles. The highest BCUT2D eigenvalue weighted by Gasteiger charge is 2.33. The molecule has 9 aromatic rings. The summed E-state index contributed by atoms with van der Waals surface area (Å²) < 4.78 is 77.9. The van der Waals surface area contributed by atoms with E-state index in [2.05, 4.69) is 86.8 Å². The molecule has 9 rings (SSSR count). The van der Waals surface area contributed by atoms with Crippen LogP contribution in [0.15, 0.2) is 53.0 Å². The van der Waals surface area contributed by atoms with Gasteiger partial charge in [0.2, 0.25) is 11.0 Å². The second-order valence-corrected chi connectivity index (χ2v) is 31.2. The van der Waals surface area contributed by atoms with Gasteiger partial charge in [-0.25, -0.2) is 82.6 Å². The fourth-order valence-corrected chi connectivity index (χ4v) is 13.5. The number of thiazole rings is 4. The fourth-order valence-electron chi connectivity index (χ4n) is 7.52. The van der Waals surface area contributed by atoms with Crippen molar-refractivity contribution >= 4 is 114 Å². The topological polar surface area (TPSA) is 667 Å². The summed E-state index contributed by atoms with van der Waals surface area (Å²) in [6.07, 6.45) is 10.0. The molecular formula is C54H84N19O22P5S4+2. The largest absolute Gasteiger partial charge is 0.481 e. The molecule has 104 heavy (non-hydrogen) atoms. The van der Waals surface area contributed by atoms with Gasteiger partial charge in [-0.1, -0.05) is 22.7 Å². The van der Waals surface area contributed by atoms with Crippen LogP contribution in [0.1, 0.15) is 99.2 Å². The monoisotopic (exact) mass is 1630 g/mol. The molecule has 0 spiro atoms. The van der Waals surface area contributed by atoms with Gasteiger partial charge in [0.05, 0.1) is 76.3 Å². The number of nitrogens with zero attached hydrogens (tertiary/aromatic N) is 14. The summed E-state index contributed by atoms with van der Waals surface area (Å²) in [6.45, 7) is 17.1. The Morgan fingerprint density at radius 2 is 0.692 bits per heavy atom. The fraction of sp³-hybridized carbons (Fsp3) is 0.407. The first-order valence-corrected chi connectivity index (χ1v) is 40.8. The van der Waals surface area contributed by atoms with Crippen LogP contribution >= 0.6 is 84.5 Å². The highest BCUT2D eigenvalue weighted by Crippen LogP contribution is 2.58. The van der Waals surface area contributed by atoms with Gasteiger partial charge in [0, 0.05) is 110 Å². The van der Waals surface area contributed by atoms with Gasteiger partial charge in [-0.05, 0) is 48.5 Å². The second-order valence-electron chi connectivity index (χ2n) is 20.9. The van der Waals surface area contributed by atoms with Crippen LogP contribution in [-0.2, 0) is 104 Å². The van der Waals surface area contributed by atoms with Gasteiger partial charge in [-0.2, -0.15) is 13.4 Å². The van der Waals surface area contributed by atoms with Crippen molar-refractivity contribution in [1.29, 1.82) is 0 Å². The third-order valence-electron chi connectivity index (χ3n) is 12.8. The summed E-state index contributed by atoms with van der Waals surface area (Å²) in [4.78, 5) is 129. The van der Waals surface area contributed by atoms with E-state index in [4.69, 9.17) is 88.0 Å². The summed E-state index contributed by atoms with van der Waals surface area (Å²) in [5.41, 5.74) is 42.6. The van der Waals surface area contributed by atoms with E-state index in [1.165, 1.54) is 51.0 Å². The minimum absolute atomic E-state index is 0.0211. The van der Waals surface area contributed by atoms with E-state index in [1.807, 2.05) is 50.2 Å². The molecule has 574 valence electrons. The minimum atomic E-state index is -5.13. The molecule has 9 heterocycles. The van der Waals surface area contributed by atoms with E-state index in [9.17, 15) is 22.8 Å².